The van der Waals surface area contributed by atoms with E-state index >= 15 is 0 Å². The molecule has 1 aliphatic rings. The van der Waals surface area contributed by atoms with Crippen molar-refractivity contribution in [3.63, 3.8) is 0 Å². The first-order valence-electron chi connectivity index (χ1n) is 15.4. The molecular weight excluding hydrogens is 577 g/mol. The highest BCUT2D eigenvalue weighted by Crippen LogP contribution is 2.21. The maximum absolute atomic E-state index is 13.9. The summed E-state index contributed by atoms with van der Waals surface area (Å²) in [4.78, 5) is 29.5. The van der Waals surface area contributed by atoms with Crippen LogP contribution in [0.4, 0.5) is 4.39 Å². The number of rotatable bonds is 15. The second-order valence-corrected chi connectivity index (χ2v) is 12.9. The third-order valence-corrected chi connectivity index (χ3v) is 9.42. The van der Waals surface area contributed by atoms with Crippen LogP contribution in [0.25, 0.3) is 0 Å². The Kier molecular flexibility index (Phi) is 12.3. The second-order valence-electron chi connectivity index (χ2n) is 11.1. The number of aryl methyl sites for hydroxylation is 1. The number of allylic oxidation sites excluding steroid dienone is 1. The fraction of sp³-hybridized carbons (Fsp3) is 0.371. The van der Waals surface area contributed by atoms with E-state index in [1.807, 2.05) is 30.3 Å². The fourth-order valence-electron chi connectivity index (χ4n) is 5.44. The minimum atomic E-state index is -3.57. The van der Waals surface area contributed by atoms with Crippen LogP contribution in [-0.4, -0.2) is 44.3 Å². The number of hydrogen-bond donors (Lipinski definition) is 2. The Hall–Kier alpha value is -3.82. The van der Waals surface area contributed by atoms with Crippen molar-refractivity contribution < 1.29 is 22.4 Å². The molecule has 0 radical (unpaired) electrons. The van der Waals surface area contributed by atoms with Gasteiger partial charge < -0.3 is 10.2 Å². The minimum absolute atomic E-state index is 0.117. The van der Waals surface area contributed by atoms with Gasteiger partial charge in [0.25, 0.3) is 0 Å². The molecule has 0 saturated heterocycles. The van der Waals surface area contributed by atoms with E-state index in [0.29, 0.717) is 19.4 Å². The number of carbonyl (C=O) groups excluding carboxylic acids is 2. The third-order valence-electron chi connectivity index (χ3n) is 7.86. The summed E-state index contributed by atoms with van der Waals surface area (Å²) in [6, 6.07) is 21.3. The molecule has 234 valence electrons. The number of benzene rings is 3. The van der Waals surface area contributed by atoms with Crippen molar-refractivity contribution in [2.45, 2.75) is 75.8 Å². The van der Waals surface area contributed by atoms with E-state index in [9.17, 15) is 22.4 Å². The highest BCUT2D eigenvalue weighted by Gasteiger charge is 2.30. The highest BCUT2D eigenvalue weighted by atomic mass is 32.2. The molecule has 3 aromatic carbocycles. The monoisotopic (exact) mass is 619 g/mol. The van der Waals surface area contributed by atoms with E-state index in [0.717, 1.165) is 36.0 Å². The predicted molar refractivity (Wildman–Crippen MR) is 171 cm³/mol. The van der Waals surface area contributed by atoms with Crippen LogP contribution in [0.15, 0.2) is 95.4 Å². The molecule has 2 amide bonds. The first-order valence-corrected chi connectivity index (χ1v) is 16.9. The number of sulfonamides is 1. The highest BCUT2D eigenvalue weighted by molar-refractivity contribution is 7.89. The smallest absolute Gasteiger partial charge is 0.243 e. The van der Waals surface area contributed by atoms with Gasteiger partial charge in [0, 0.05) is 32.5 Å². The summed E-state index contributed by atoms with van der Waals surface area (Å²) < 4.78 is 40.8. The number of carbonyl (C=O) groups is 2. The lowest BCUT2D eigenvalue weighted by molar-refractivity contribution is -0.141. The molecule has 2 N–H and O–H groups in total. The molecule has 0 aliphatic heterocycles. The summed E-state index contributed by atoms with van der Waals surface area (Å²) >= 11 is 0. The van der Waals surface area contributed by atoms with Gasteiger partial charge in [-0.15, -0.1) is 0 Å². The van der Waals surface area contributed by atoms with Crippen molar-refractivity contribution in [3.05, 3.63) is 113 Å². The van der Waals surface area contributed by atoms with Crippen LogP contribution in [-0.2, 0) is 39.0 Å². The van der Waals surface area contributed by atoms with E-state index in [-0.39, 0.29) is 42.0 Å². The van der Waals surface area contributed by atoms with Gasteiger partial charge in [0.2, 0.25) is 21.8 Å². The summed E-state index contributed by atoms with van der Waals surface area (Å²) in [5.41, 5.74) is 3.81. The molecule has 0 saturated carbocycles. The molecule has 1 aliphatic carbocycles. The summed E-state index contributed by atoms with van der Waals surface area (Å²) in [6.07, 6.45) is 8.38. The van der Waals surface area contributed by atoms with E-state index in [1.54, 1.807) is 36.1 Å². The molecule has 0 fully saturated rings. The van der Waals surface area contributed by atoms with Gasteiger partial charge in [-0.2, -0.15) is 0 Å². The Morgan fingerprint density at radius 2 is 1.59 bits per heavy atom. The van der Waals surface area contributed by atoms with Crippen LogP contribution in [0.5, 0.6) is 0 Å². The van der Waals surface area contributed by atoms with Gasteiger partial charge in [0.15, 0.2) is 0 Å². The average Bonchev–Trinajstić information content (AvgIpc) is 3.03. The number of halogens is 1. The average molecular weight is 620 g/mol. The van der Waals surface area contributed by atoms with Gasteiger partial charge in [-0.25, -0.2) is 17.5 Å². The second kappa shape index (κ2) is 16.3. The van der Waals surface area contributed by atoms with Gasteiger partial charge in [-0.3, -0.25) is 9.59 Å². The molecule has 44 heavy (non-hydrogen) atoms. The van der Waals surface area contributed by atoms with Crippen LogP contribution < -0.4 is 10.0 Å². The Bertz CT molecular complexity index is 1510. The zero-order valence-electron chi connectivity index (χ0n) is 25.3. The molecule has 0 spiro atoms. The Labute approximate surface area is 260 Å². The number of nitrogens with zero attached hydrogens (tertiary/aromatic N) is 1. The SMILES string of the molecule is CCNS(=O)(=O)c1ccc(CCC(=O)N(Cc2ccc(F)cc2)C(Cc2ccccc2)C(=O)NCCC2=CCCCC2)cc1. The molecule has 0 bridgehead atoms. The lowest BCUT2D eigenvalue weighted by Crippen LogP contribution is -2.50. The maximum Gasteiger partial charge on any atom is 0.243 e. The molecule has 1 unspecified atom stereocenters. The largest absolute Gasteiger partial charge is 0.354 e. The van der Waals surface area contributed by atoms with Crippen molar-refractivity contribution in [1.29, 1.82) is 0 Å². The summed E-state index contributed by atoms with van der Waals surface area (Å²) in [7, 11) is -3.57. The quantitative estimate of drug-likeness (QED) is 0.213. The molecule has 3 aromatic rings. The van der Waals surface area contributed by atoms with Crippen molar-refractivity contribution in [2.24, 2.45) is 0 Å². The van der Waals surface area contributed by atoms with E-state index < -0.39 is 16.1 Å². The van der Waals surface area contributed by atoms with Gasteiger partial charge in [-0.1, -0.05) is 73.2 Å². The van der Waals surface area contributed by atoms with Gasteiger partial charge in [0.05, 0.1) is 4.90 Å². The molecule has 0 aromatic heterocycles. The summed E-state index contributed by atoms with van der Waals surface area (Å²) in [6.45, 7) is 2.65. The Morgan fingerprint density at radius 1 is 0.886 bits per heavy atom. The predicted octanol–water partition coefficient (Wildman–Crippen LogP) is 5.70. The van der Waals surface area contributed by atoms with Crippen LogP contribution in [0.2, 0.25) is 0 Å². The first kappa shape index (κ1) is 33.1. The van der Waals surface area contributed by atoms with Crippen molar-refractivity contribution in [3.8, 4) is 0 Å². The van der Waals surface area contributed by atoms with E-state index in [2.05, 4.69) is 16.1 Å². The number of nitrogens with one attached hydrogen (secondary N) is 2. The topological polar surface area (TPSA) is 95.6 Å². The zero-order valence-corrected chi connectivity index (χ0v) is 26.1. The summed E-state index contributed by atoms with van der Waals surface area (Å²) in [5.74, 6) is -0.815. The minimum Gasteiger partial charge on any atom is -0.354 e. The van der Waals surface area contributed by atoms with Crippen LogP contribution >= 0.6 is 0 Å². The van der Waals surface area contributed by atoms with Crippen molar-refractivity contribution in [2.75, 3.05) is 13.1 Å². The molecule has 4 rings (SSSR count). The maximum atomic E-state index is 13.9. The summed E-state index contributed by atoms with van der Waals surface area (Å²) in [5, 5.41) is 3.09. The Morgan fingerprint density at radius 3 is 2.25 bits per heavy atom. The first-order chi connectivity index (χ1) is 21.2. The van der Waals surface area contributed by atoms with Crippen molar-refractivity contribution in [1.82, 2.24) is 14.9 Å². The fourth-order valence-corrected chi connectivity index (χ4v) is 6.48. The van der Waals surface area contributed by atoms with Crippen LogP contribution in [0, 0.1) is 5.82 Å². The molecule has 0 heterocycles. The lowest BCUT2D eigenvalue weighted by atomic mass is 9.97. The molecule has 1 atom stereocenters. The number of hydrogen-bond acceptors (Lipinski definition) is 4. The molecule has 9 heteroatoms. The van der Waals surface area contributed by atoms with Gasteiger partial charge >= 0.3 is 0 Å². The third kappa shape index (κ3) is 9.86. The molecular formula is C35H42FN3O4S. The van der Waals surface area contributed by atoms with E-state index in [1.165, 1.54) is 42.7 Å². The van der Waals surface area contributed by atoms with Crippen LogP contribution in [0.1, 0.15) is 62.1 Å². The van der Waals surface area contributed by atoms with E-state index in [4.69, 9.17) is 0 Å². The zero-order chi connectivity index (χ0) is 31.4. The van der Waals surface area contributed by atoms with Crippen molar-refractivity contribution >= 4 is 21.8 Å². The van der Waals surface area contributed by atoms with Crippen LogP contribution in [0.3, 0.4) is 0 Å². The van der Waals surface area contributed by atoms with Gasteiger partial charge in [-0.05, 0) is 79.5 Å². The number of amides is 2. The Balaban J connectivity index is 1.54. The lowest BCUT2D eigenvalue weighted by Gasteiger charge is -2.32. The molecule has 7 nitrogen and oxygen atoms in total. The standard InChI is InChI=1S/C35H42FN3O4S/c1-2-38-44(42,43)32-20-15-28(16-21-32)17-22-34(40)39(26-30-13-18-31(36)19-14-30)33(25-29-11-7-4-8-12-29)35(41)37-24-23-27-9-5-3-6-10-27/h4,7-9,11-16,18-21,33,38H,2-3,5-6,10,17,22-26H2,1H3,(H,37,41). The van der Waals surface area contributed by atoms with Gasteiger partial charge in [0.1, 0.15) is 11.9 Å². The normalized spacial score (nSPS) is 14.0.